The summed E-state index contributed by atoms with van der Waals surface area (Å²) >= 11 is 0. The molecule has 2 rings (SSSR count). The predicted molar refractivity (Wildman–Crippen MR) is 52.9 cm³/mol. The molecule has 0 bridgehead atoms. The van der Waals surface area contributed by atoms with E-state index in [1.54, 1.807) is 0 Å². The molecular formula is C10H22N2. The van der Waals surface area contributed by atoms with E-state index in [9.17, 15) is 0 Å². The molecule has 0 amide bonds. The Morgan fingerprint density at radius 1 is 0.750 bits per heavy atom. The molecule has 0 heterocycles. The predicted octanol–water partition coefficient (Wildman–Crippen LogP) is 1.78. The third-order valence-electron chi connectivity index (χ3n) is 2.78. The van der Waals surface area contributed by atoms with E-state index >= 15 is 0 Å². The van der Waals surface area contributed by atoms with Crippen LogP contribution in [0.25, 0.3) is 0 Å². The first-order chi connectivity index (χ1) is 5.41. The van der Waals surface area contributed by atoms with Crippen molar-refractivity contribution < 1.29 is 0 Å². The minimum absolute atomic E-state index is 0.194. The summed E-state index contributed by atoms with van der Waals surface area (Å²) < 4.78 is 0. The second kappa shape index (κ2) is 3.35. The van der Waals surface area contributed by atoms with Gasteiger partial charge in [-0.1, -0.05) is 12.8 Å². The summed E-state index contributed by atoms with van der Waals surface area (Å²) in [6.07, 6.45) is 7.60. The summed E-state index contributed by atoms with van der Waals surface area (Å²) in [6, 6.07) is 0. The van der Waals surface area contributed by atoms with E-state index in [0.717, 1.165) is 0 Å². The minimum Gasteiger partial charge on any atom is -0.325 e. The van der Waals surface area contributed by atoms with Crippen LogP contribution in [0.2, 0.25) is 0 Å². The van der Waals surface area contributed by atoms with E-state index in [1.807, 2.05) is 0 Å². The zero-order valence-electron chi connectivity index (χ0n) is 8.40. The van der Waals surface area contributed by atoms with E-state index < -0.39 is 0 Å². The van der Waals surface area contributed by atoms with Gasteiger partial charge in [0.1, 0.15) is 0 Å². The highest BCUT2D eigenvalue weighted by Gasteiger charge is 2.31. The Balaban J connectivity index is 0.000000127. The SMILES string of the molecule is CC1(N)CC1.CC1(N)CCCC1. The van der Waals surface area contributed by atoms with Crippen LogP contribution in [0.15, 0.2) is 0 Å². The third-order valence-corrected chi connectivity index (χ3v) is 2.78. The van der Waals surface area contributed by atoms with Crippen LogP contribution < -0.4 is 11.5 Å². The van der Waals surface area contributed by atoms with Crippen molar-refractivity contribution >= 4 is 0 Å². The molecule has 2 heteroatoms. The van der Waals surface area contributed by atoms with Gasteiger partial charge in [-0.2, -0.15) is 0 Å². The summed E-state index contributed by atoms with van der Waals surface area (Å²) in [6.45, 7) is 4.22. The third kappa shape index (κ3) is 4.07. The molecule has 0 atom stereocenters. The van der Waals surface area contributed by atoms with Crippen molar-refractivity contribution in [3.8, 4) is 0 Å². The molecule has 2 aliphatic rings. The van der Waals surface area contributed by atoms with E-state index in [0.29, 0.717) is 0 Å². The average Bonchev–Trinajstić information content (AvgIpc) is 2.43. The monoisotopic (exact) mass is 170 g/mol. The largest absolute Gasteiger partial charge is 0.325 e. The average molecular weight is 170 g/mol. The second-order valence-electron chi connectivity index (χ2n) is 5.02. The Bertz CT molecular complexity index is 136. The van der Waals surface area contributed by atoms with Crippen LogP contribution in [-0.4, -0.2) is 11.1 Å². The van der Waals surface area contributed by atoms with Gasteiger partial charge in [0.15, 0.2) is 0 Å². The smallest absolute Gasteiger partial charge is 0.0127 e. The van der Waals surface area contributed by atoms with Gasteiger partial charge in [-0.3, -0.25) is 0 Å². The molecule has 0 aromatic heterocycles. The lowest BCUT2D eigenvalue weighted by Gasteiger charge is -2.14. The summed E-state index contributed by atoms with van der Waals surface area (Å²) in [5.41, 5.74) is 11.7. The second-order valence-corrected chi connectivity index (χ2v) is 5.02. The summed E-state index contributed by atoms with van der Waals surface area (Å²) in [4.78, 5) is 0. The maximum atomic E-state index is 5.78. The van der Waals surface area contributed by atoms with Crippen molar-refractivity contribution in [3.05, 3.63) is 0 Å². The van der Waals surface area contributed by atoms with Gasteiger partial charge in [-0.15, -0.1) is 0 Å². The van der Waals surface area contributed by atoms with E-state index in [1.165, 1.54) is 38.5 Å². The highest BCUT2D eigenvalue weighted by Crippen LogP contribution is 2.30. The molecule has 0 aromatic carbocycles. The minimum atomic E-state index is 0.194. The Morgan fingerprint density at radius 2 is 1.00 bits per heavy atom. The molecular weight excluding hydrogens is 148 g/mol. The van der Waals surface area contributed by atoms with Gasteiger partial charge < -0.3 is 11.5 Å². The Labute approximate surface area is 75.7 Å². The van der Waals surface area contributed by atoms with Crippen molar-refractivity contribution in [2.24, 2.45) is 11.5 Å². The molecule has 0 aromatic rings. The molecule has 0 saturated heterocycles. The standard InChI is InChI=1S/C6H13N.C4H9N/c1-6(7)4-2-3-5-6;1-4(5)2-3-4/h2-5,7H2,1H3;2-3,5H2,1H3. The molecule has 0 spiro atoms. The van der Waals surface area contributed by atoms with Crippen LogP contribution in [0.4, 0.5) is 0 Å². The van der Waals surface area contributed by atoms with E-state index in [4.69, 9.17) is 11.5 Å². The first kappa shape index (κ1) is 10.0. The van der Waals surface area contributed by atoms with Crippen LogP contribution in [0.3, 0.4) is 0 Å². The van der Waals surface area contributed by atoms with Gasteiger partial charge in [0, 0.05) is 11.1 Å². The zero-order valence-corrected chi connectivity index (χ0v) is 8.40. The summed E-state index contributed by atoms with van der Waals surface area (Å²) in [7, 11) is 0. The lowest BCUT2D eigenvalue weighted by atomic mass is 10.0. The number of hydrogen-bond donors (Lipinski definition) is 2. The molecule has 0 aliphatic heterocycles. The normalized spacial score (nSPS) is 29.0. The summed E-state index contributed by atoms with van der Waals surface area (Å²) in [5.74, 6) is 0. The first-order valence-corrected chi connectivity index (χ1v) is 4.99. The van der Waals surface area contributed by atoms with Crippen molar-refractivity contribution in [1.29, 1.82) is 0 Å². The van der Waals surface area contributed by atoms with Gasteiger partial charge >= 0.3 is 0 Å². The highest BCUT2D eigenvalue weighted by molar-refractivity contribution is 4.93. The number of nitrogens with two attached hydrogens (primary N) is 2. The van der Waals surface area contributed by atoms with Gasteiger partial charge in [-0.25, -0.2) is 0 Å². The Morgan fingerprint density at radius 3 is 1.08 bits per heavy atom. The lowest BCUT2D eigenvalue weighted by molar-refractivity contribution is 0.487. The highest BCUT2D eigenvalue weighted by atomic mass is 14.8. The topological polar surface area (TPSA) is 52.0 Å². The molecule has 2 fully saturated rings. The quantitative estimate of drug-likeness (QED) is 0.582. The molecule has 0 unspecified atom stereocenters. The summed E-state index contributed by atoms with van der Waals surface area (Å²) in [5, 5.41) is 0. The van der Waals surface area contributed by atoms with Crippen LogP contribution in [0.1, 0.15) is 52.4 Å². The fourth-order valence-corrected chi connectivity index (χ4v) is 1.38. The van der Waals surface area contributed by atoms with E-state index in [-0.39, 0.29) is 11.1 Å². The Kier molecular flexibility index (Phi) is 2.79. The fourth-order valence-electron chi connectivity index (χ4n) is 1.38. The molecule has 2 aliphatic carbocycles. The van der Waals surface area contributed by atoms with Gasteiger partial charge in [0.25, 0.3) is 0 Å². The van der Waals surface area contributed by atoms with Crippen LogP contribution >= 0.6 is 0 Å². The maximum absolute atomic E-state index is 5.78. The Hall–Kier alpha value is -0.0800. The van der Waals surface area contributed by atoms with Gasteiger partial charge in [0.05, 0.1) is 0 Å². The van der Waals surface area contributed by atoms with E-state index in [2.05, 4.69) is 13.8 Å². The van der Waals surface area contributed by atoms with Crippen molar-refractivity contribution in [1.82, 2.24) is 0 Å². The van der Waals surface area contributed by atoms with Crippen molar-refractivity contribution in [3.63, 3.8) is 0 Å². The van der Waals surface area contributed by atoms with Crippen LogP contribution in [0, 0.1) is 0 Å². The van der Waals surface area contributed by atoms with Gasteiger partial charge in [0.2, 0.25) is 0 Å². The molecule has 12 heavy (non-hydrogen) atoms. The maximum Gasteiger partial charge on any atom is 0.0127 e. The van der Waals surface area contributed by atoms with Crippen molar-refractivity contribution in [2.75, 3.05) is 0 Å². The van der Waals surface area contributed by atoms with Crippen LogP contribution in [0.5, 0.6) is 0 Å². The molecule has 2 nitrogen and oxygen atoms in total. The molecule has 4 N–H and O–H groups in total. The molecule has 2 saturated carbocycles. The van der Waals surface area contributed by atoms with Gasteiger partial charge in [-0.05, 0) is 39.5 Å². The lowest BCUT2D eigenvalue weighted by Crippen LogP contribution is -2.31. The first-order valence-electron chi connectivity index (χ1n) is 4.99. The fraction of sp³-hybridized carbons (Fsp3) is 1.00. The van der Waals surface area contributed by atoms with Crippen LogP contribution in [-0.2, 0) is 0 Å². The van der Waals surface area contributed by atoms with Crippen molar-refractivity contribution in [2.45, 2.75) is 63.5 Å². The molecule has 0 radical (unpaired) electrons. The zero-order chi connectivity index (χ0) is 9.24. The number of hydrogen-bond acceptors (Lipinski definition) is 2. The number of rotatable bonds is 0. The molecule has 72 valence electrons.